The number of hydrogen-bond donors (Lipinski definition) is 3. The van der Waals surface area contributed by atoms with Crippen LogP contribution in [0.1, 0.15) is 36.5 Å². The van der Waals surface area contributed by atoms with E-state index in [-0.39, 0.29) is 28.7 Å². The first-order valence-electron chi connectivity index (χ1n) is 10.8. The van der Waals surface area contributed by atoms with Crippen molar-refractivity contribution < 1.29 is 26.7 Å². The third kappa shape index (κ3) is 5.25. The van der Waals surface area contributed by atoms with Crippen LogP contribution in [0.5, 0.6) is 5.75 Å². The minimum Gasteiger partial charge on any atom is -0.506 e. The average molecular weight is 516 g/mol. The van der Waals surface area contributed by atoms with Crippen LogP contribution >= 0.6 is 0 Å². The topological polar surface area (TPSA) is 133 Å². The van der Waals surface area contributed by atoms with E-state index in [1.54, 1.807) is 54.6 Å². The molecule has 1 saturated heterocycles. The number of benzene rings is 3. The van der Waals surface area contributed by atoms with Crippen molar-refractivity contribution in [1.82, 2.24) is 4.72 Å². The van der Waals surface area contributed by atoms with Gasteiger partial charge in [0.25, 0.3) is 15.9 Å². The number of para-hydroxylation sites is 1. The molecule has 1 heterocycles. The van der Waals surface area contributed by atoms with Crippen LogP contribution in [-0.2, 0) is 31.4 Å². The lowest BCUT2D eigenvalue weighted by molar-refractivity contribution is -0.117. The van der Waals surface area contributed by atoms with Crippen LogP contribution in [0, 0.1) is 0 Å². The number of nitrogens with one attached hydrogen (secondary N) is 2. The molecule has 9 nitrogen and oxygen atoms in total. The number of anilines is 2. The molecule has 0 unspecified atom stereocenters. The number of carbonyl (C=O) groups excluding carboxylic acids is 1. The maximum absolute atomic E-state index is 13.0. The van der Waals surface area contributed by atoms with Crippen molar-refractivity contribution in [2.75, 3.05) is 15.6 Å². The van der Waals surface area contributed by atoms with Crippen LogP contribution in [0.2, 0.25) is 0 Å². The third-order valence-corrected chi connectivity index (χ3v) is 8.42. The van der Waals surface area contributed by atoms with Gasteiger partial charge < -0.3 is 5.11 Å². The van der Waals surface area contributed by atoms with E-state index in [4.69, 9.17) is 0 Å². The lowest BCUT2D eigenvalue weighted by Gasteiger charge is -2.17. The number of carbonyl (C=O) groups is 1. The normalized spacial score (nSPS) is 15.3. The van der Waals surface area contributed by atoms with Crippen LogP contribution in [0.4, 0.5) is 11.4 Å². The van der Waals surface area contributed by atoms with Gasteiger partial charge in [0.1, 0.15) is 12.3 Å². The fourth-order valence-corrected chi connectivity index (χ4v) is 6.04. The Morgan fingerprint density at radius 1 is 1.06 bits per heavy atom. The molecule has 0 atom stereocenters. The summed E-state index contributed by atoms with van der Waals surface area (Å²) in [6.07, 6.45) is 0.267. The minimum atomic E-state index is -4.05. The first-order valence-corrected chi connectivity index (χ1v) is 13.7. The highest BCUT2D eigenvalue weighted by molar-refractivity contribution is 7.92. The minimum absolute atomic E-state index is 0.0223. The molecule has 0 aromatic heterocycles. The summed E-state index contributed by atoms with van der Waals surface area (Å²) in [5, 5.41) is 10.5. The van der Waals surface area contributed by atoms with Gasteiger partial charge in [0, 0.05) is 0 Å². The third-order valence-electron chi connectivity index (χ3n) is 5.64. The number of nitrogens with zero attached hydrogens (tertiary/aromatic N) is 1. The predicted octanol–water partition coefficient (Wildman–Crippen LogP) is 3.09. The van der Waals surface area contributed by atoms with E-state index in [1.165, 1.54) is 12.1 Å². The smallest absolute Gasteiger partial charge is 0.326 e. The number of amides is 1. The second-order valence-electron chi connectivity index (χ2n) is 8.52. The molecular weight excluding hydrogens is 490 g/mol. The van der Waals surface area contributed by atoms with Crippen LogP contribution < -0.4 is 13.7 Å². The number of aromatic hydroxyl groups is 1. The molecule has 1 aliphatic rings. The number of hydrogen-bond acceptors (Lipinski definition) is 6. The summed E-state index contributed by atoms with van der Waals surface area (Å²) in [4.78, 5) is 11.6. The molecule has 1 aliphatic heterocycles. The Kier molecular flexibility index (Phi) is 6.48. The molecule has 0 spiro atoms. The largest absolute Gasteiger partial charge is 0.506 e. The summed E-state index contributed by atoms with van der Waals surface area (Å²) in [6, 6.07) is 18.0. The maximum atomic E-state index is 13.0. The van der Waals surface area contributed by atoms with Crippen molar-refractivity contribution in [3.63, 3.8) is 0 Å². The lowest BCUT2D eigenvalue weighted by Crippen LogP contribution is -2.29. The first kappa shape index (κ1) is 24.6. The Morgan fingerprint density at radius 2 is 1.74 bits per heavy atom. The molecule has 0 saturated carbocycles. The SMILES string of the molecule is CC(C)c1ccc(S(=O)(=O)Nc2ccccc2Cc2ccc(N3CC(=O)NS3(=O)=O)c(O)c2)cc1. The molecule has 35 heavy (non-hydrogen) atoms. The average Bonchev–Trinajstić information content (AvgIpc) is 3.06. The molecule has 0 radical (unpaired) electrons. The molecule has 1 fully saturated rings. The molecule has 3 aromatic carbocycles. The fraction of sp³-hybridized carbons (Fsp3) is 0.208. The lowest BCUT2D eigenvalue weighted by atomic mass is 10.0. The van der Waals surface area contributed by atoms with E-state index in [0.29, 0.717) is 16.8 Å². The fourth-order valence-electron chi connectivity index (χ4n) is 3.78. The van der Waals surface area contributed by atoms with Gasteiger partial charge in [0.15, 0.2) is 0 Å². The van der Waals surface area contributed by atoms with Gasteiger partial charge in [-0.15, -0.1) is 0 Å². The summed E-state index contributed by atoms with van der Waals surface area (Å²) in [5.41, 5.74) is 2.68. The Hall–Kier alpha value is -3.57. The van der Waals surface area contributed by atoms with Crippen molar-refractivity contribution >= 4 is 37.5 Å². The Balaban J connectivity index is 1.57. The van der Waals surface area contributed by atoms with E-state index < -0.39 is 32.7 Å². The molecule has 0 aliphatic carbocycles. The quantitative estimate of drug-likeness (QED) is 0.443. The molecule has 184 valence electrons. The highest BCUT2D eigenvalue weighted by Gasteiger charge is 2.35. The van der Waals surface area contributed by atoms with Gasteiger partial charge in [-0.05, 0) is 59.4 Å². The number of phenolic OH excluding ortho intramolecular Hbond substituents is 1. The zero-order valence-electron chi connectivity index (χ0n) is 19.1. The molecule has 0 bridgehead atoms. The van der Waals surface area contributed by atoms with E-state index in [1.807, 2.05) is 18.6 Å². The predicted molar refractivity (Wildman–Crippen MR) is 133 cm³/mol. The van der Waals surface area contributed by atoms with Crippen molar-refractivity contribution in [3.05, 3.63) is 83.4 Å². The number of sulfonamides is 1. The van der Waals surface area contributed by atoms with Gasteiger partial charge in [0.2, 0.25) is 0 Å². The zero-order valence-corrected chi connectivity index (χ0v) is 20.7. The Bertz CT molecular complexity index is 1480. The summed E-state index contributed by atoms with van der Waals surface area (Å²) < 4.78 is 55.4. The number of phenols is 1. The molecule has 3 aromatic rings. The van der Waals surface area contributed by atoms with Gasteiger partial charge in [-0.3, -0.25) is 9.52 Å². The summed E-state index contributed by atoms with van der Waals surface area (Å²) >= 11 is 0. The van der Waals surface area contributed by atoms with Crippen molar-refractivity contribution in [2.45, 2.75) is 31.1 Å². The van der Waals surface area contributed by atoms with Gasteiger partial charge in [-0.25, -0.2) is 17.4 Å². The second kappa shape index (κ2) is 9.23. The van der Waals surface area contributed by atoms with Crippen LogP contribution in [0.15, 0.2) is 71.6 Å². The molecule has 1 amide bonds. The standard InChI is InChI=1S/C24H25N3O6S2/c1-16(2)18-8-10-20(11-9-18)34(30,31)25-21-6-4-3-5-19(21)13-17-7-12-22(23(28)14-17)27-15-24(29)26-35(27,32)33/h3-12,14,16,25,28H,13,15H2,1-2H3,(H,26,29). The zero-order chi connectivity index (χ0) is 25.4. The van der Waals surface area contributed by atoms with E-state index in [0.717, 1.165) is 9.87 Å². The summed E-state index contributed by atoms with van der Waals surface area (Å²) in [5.74, 6) is -0.718. The number of rotatable bonds is 7. The van der Waals surface area contributed by atoms with E-state index in [9.17, 15) is 26.7 Å². The van der Waals surface area contributed by atoms with E-state index in [2.05, 4.69) is 4.72 Å². The molecule has 4 rings (SSSR count). The summed E-state index contributed by atoms with van der Waals surface area (Å²) in [6.45, 7) is 3.64. The molecule has 11 heteroatoms. The van der Waals surface area contributed by atoms with Crippen LogP contribution in [0.25, 0.3) is 0 Å². The summed E-state index contributed by atoms with van der Waals surface area (Å²) in [7, 11) is -7.87. The monoisotopic (exact) mass is 515 g/mol. The maximum Gasteiger partial charge on any atom is 0.326 e. The van der Waals surface area contributed by atoms with Crippen molar-refractivity contribution in [2.24, 2.45) is 0 Å². The Morgan fingerprint density at radius 3 is 2.34 bits per heavy atom. The van der Waals surface area contributed by atoms with Crippen molar-refractivity contribution in [1.29, 1.82) is 0 Å². The van der Waals surface area contributed by atoms with E-state index >= 15 is 0 Å². The van der Waals surface area contributed by atoms with Crippen LogP contribution in [0.3, 0.4) is 0 Å². The van der Waals surface area contributed by atoms with Gasteiger partial charge in [-0.2, -0.15) is 8.42 Å². The highest BCUT2D eigenvalue weighted by atomic mass is 32.2. The second-order valence-corrected chi connectivity index (χ2v) is 11.8. The van der Waals surface area contributed by atoms with Gasteiger partial charge >= 0.3 is 10.2 Å². The van der Waals surface area contributed by atoms with Gasteiger partial charge in [-0.1, -0.05) is 50.2 Å². The molecule has 3 N–H and O–H groups in total. The van der Waals surface area contributed by atoms with Crippen molar-refractivity contribution in [3.8, 4) is 5.75 Å². The molecular formula is C24H25N3O6S2. The first-order chi connectivity index (χ1) is 16.5. The highest BCUT2D eigenvalue weighted by Crippen LogP contribution is 2.33. The van der Waals surface area contributed by atoms with Crippen LogP contribution in [-0.4, -0.2) is 34.4 Å². The van der Waals surface area contributed by atoms with Gasteiger partial charge in [0.05, 0.1) is 16.3 Å². The Labute approximate surface area is 204 Å².